The molecule has 0 spiro atoms. The molecular weight excluding hydrogens is 363 g/mol. The lowest BCUT2D eigenvalue weighted by Crippen LogP contribution is -2.36. The molecule has 9 heteroatoms. The highest BCUT2D eigenvalue weighted by atomic mass is 19.4. The molecular formula is C18H20F3N3O3. The van der Waals surface area contributed by atoms with E-state index in [-0.39, 0.29) is 11.3 Å². The first-order valence-corrected chi connectivity index (χ1v) is 8.20. The summed E-state index contributed by atoms with van der Waals surface area (Å²) < 4.78 is 40.1. The van der Waals surface area contributed by atoms with Crippen LogP contribution in [-0.2, 0) is 15.8 Å². The van der Waals surface area contributed by atoms with Gasteiger partial charge < -0.3 is 10.4 Å². The highest BCUT2D eigenvalue weighted by Gasteiger charge is 2.32. The maximum absolute atomic E-state index is 13.0. The predicted molar refractivity (Wildman–Crippen MR) is 91.4 cm³/mol. The van der Waals surface area contributed by atoms with Crippen LogP contribution in [0.3, 0.4) is 0 Å². The van der Waals surface area contributed by atoms with Crippen LogP contribution in [0, 0.1) is 19.8 Å². The molecule has 1 atom stereocenters. The van der Waals surface area contributed by atoms with Gasteiger partial charge in [-0.1, -0.05) is 19.9 Å². The van der Waals surface area contributed by atoms with Crippen molar-refractivity contribution < 1.29 is 27.9 Å². The van der Waals surface area contributed by atoms with Crippen LogP contribution in [0.5, 0.6) is 0 Å². The fourth-order valence-electron chi connectivity index (χ4n) is 2.70. The Kier molecular flexibility index (Phi) is 5.62. The molecule has 2 rings (SSSR count). The van der Waals surface area contributed by atoms with E-state index in [0.717, 1.165) is 12.1 Å². The fraction of sp³-hybridized carbons (Fsp3) is 0.389. The number of alkyl halides is 3. The summed E-state index contributed by atoms with van der Waals surface area (Å²) in [4.78, 5) is 23.7. The van der Waals surface area contributed by atoms with Gasteiger partial charge in [-0.05, 0) is 32.0 Å². The number of nitrogens with zero attached hydrogens (tertiary/aromatic N) is 2. The van der Waals surface area contributed by atoms with Crippen molar-refractivity contribution in [2.24, 2.45) is 5.92 Å². The summed E-state index contributed by atoms with van der Waals surface area (Å²) in [6.45, 7) is 6.34. The summed E-state index contributed by atoms with van der Waals surface area (Å²) in [5.74, 6) is -2.15. The van der Waals surface area contributed by atoms with E-state index in [4.69, 9.17) is 0 Å². The maximum Gasteiger partial charge on any atom is 0.416 e. The molecule has 0 aliphatic carbocycles. The molecule has 1 heterocycles. The van der Waals surface area contributed by atoms with Crippen molar-refractivity contribution in [3.8, 4) is 5.69 Å². The quantitative estimate of drug-likeness (QED) is 0.829. The third-order valence-corrected chi connectivity index (χ3v) is 4.11. The predicted octanol–water partition coefficient (Wildman–Crippen LogP) is 3.41. The van der Waals surface area contributed by atoms with Crippen molar-refractivity contribution in [3.63, 3.8) is 0 Å². The Morgan fingerprint density at radius 2 is 1.85 bits per heavy atom. The molecule has 0 saturated heterocycles. The van der Waals surface area contributed by atoms with Gasteiger partial charge in [-0.3, -0.25) is 4.79 Å². The number of benzene rings is 1. The molecule has 1 aromatic heterocycles. The average Bonchev–Trinajstić information content (AvgIpc) is 2.86. The first-order valence-electron chi connectivity index (χ1n) is 8.20. The number of aryl methyl sites for hydroxylation is 1. The van der Waals surface area contributed by atoms with E-state index in [9.17, 15) is 27.9 Å². The zero-order valence-corrected chi connectivity index (χ0v) is 15.3. The van der Waals surface area contributed by atoms with Gasteiger partial charge in [0.15, 0.2) is 6.04 Å². The fourth-order valence-corrected chi connectivity index (χ4v) is 2.70. The SMILES string of the molecule is Cc1nn(-c2cccc(C(F)(F)F)c2)c(C)c1C(NC(=O)C(C)C)C(=O)O. The number of halogens is 3. The van der Waals surface area contributed by atoms with E-state index in [0.29, 0.717) is 11.4 Å². The monoisotopic (exact) mass is 383 g/mol. The summed E-state index contributed by atoms with van der Waals surface area (Å²) in [5.41, 5.74) is 0.201. The molecule has 0 aliphatic rings. The van der Waals surface area contributed by atoms with Crippen molar-refractivity contribution in [1.29, 1.82) is 0 Å². The van der Waals surface area contributed by atoms with Crippen LogP contribution in [0.15, 0.2) is 24.3 Å². The van der Waals surface area contributed by atoms with Crippen LogP contribution in [-0.4, -0.2) is 26.8 Å². The van der Waals surface area contributed by atoms with Crippen molar-refractivity contribution in [2.75, 3.05) is 0 Å². The van der Waals surface area contributed by atoms with Crippen molar-refractivity contribution >= 4 is 11.9 Å². The van der Waals surface area contributed by atoms with Gasteiger partial charge >= 0.3 is 12.1 Å². The number of hydrogen-bond donors (Lipinski definition) is 2. The molecule has 0 radical (unpaired) electrons. The number of aromatic nitrogens is 2. The van der Waals surface area contributed by atoms with Crippen molar-refractivity contribution in [1.82, 2.24) is 15.1 Å². The number of aliphatic carboxylic acids is 1. The van der Waals surface area contributed by atoms with Gasteiger partial charge in [0.1, 0.15) is 0 Å². The number of carbonyl (C=O) groups excluding carboxylic acids is 1. The number of rotatable bonds is 5. The van der Waals surface area contributed by atoms with Crippen molar-refractivity contribution in [3.05, 3.63) is 46.8 Å². The first-order chi connectivity index (χ1) is 12.4. The zero-order valence-electron chi connectivity index (χ0n) is 15.3. The average molecular weight is 383 g/mol. The molecule has 2 N–H and O–H groups in total. The molecule has 1 amide bonds. The van der Waals surface area contributed by atoms with E-state index in [2.05, 4.69) is 10.4 Å². The Labute approximate surface area is 154 Å². The van der Waals surface area contributed by atoms with Crippen molar-refractivity contribution in [2.45, 2.75) is 39.9 Å². The van der Waals surface area contributed by atoms with E-state index in [1.807, 2.05) is 0 Å². The van der Waals surface area contributed by atoms with Crippen LogP contribution in [0.2, 0.25) is 0 Å². The first kappa shape index (κ1) is 20.5. The van der Waals surface area contributed by atoms with Gasteiger partial charge in [0.2, 0.25) is 5.91 Å². The Bertz CT molecular complexity index is 872. The molecule has 146 valence electrons. The van der Waals surface area contributed by atoms with Gasteiger partial charge in [0, 0.05) is 17.2 Å². The number of carboxylic acid groups (broad SMARTS) is 1. The van der Waals surface area contributed by atoms with Crippen LogP contribution in [0.25, 0.3) is 5.69 Å². The number of hydrogen-bond acceptors (Lipinski definition) is 3. The van der Waals surface area contributed by atoms with Gasteiger partial charge in [0.25, 0.3) is 0 Å². The molecule has 2 aromatic rings. The molecule has 6 nitrogen and oxygen atoms in total. The molecule has 0 bridgehead atoms. The number of amides is 1. The zero-order chi connectivity index (χ0) is 20.5. The minimum atomic E-state index is -4.51. The lowest BCUT2D eigenvalue weighted by Gasteiger charge is -2.17. The highest BCUT2D eigenvalue weighted by molar-refractivity contribution is 5.85. The summed E-state index contributed by atoms with van der Waals surface area (Å²) in [6, 6.07) is 3.23. The summed E-state index contributed by atoms with van der Waals surface area (Å²) >= 11 is 0. The second-order valence-electron chi connectivity index (χ2n) is 6.48. The van der Waals surface area contributed by atoms with E-state index >= 15 is 0 Å². The van der Waals surface area contributed by atoms with Crippen LogP contribution in [0.4, 0.5) is 13.2 Å². The van der Waals surface area contributed by atoms with Gasteiger partial charge in [0.05, 0.1) is 16.9 Å². The smallest absolute Gasteiger partial charge is 0.416 e. The minimum absolute atomic E-state index is 0.149. The Morgan fingerprint density at radius 3 is 2.37 bits per heavy atom. The maximum atomic E-state index is 13.0. The van der Waals surface area contributed by atoms with E-state index in [1.54, 1.807) is 27.7 Å². The topological polar surface area (TPSA) is 84.2 Å². The summed E-state index contributed by atoms with van der Waals surface area (Å²) in [5, 5.41) is 16.2. The number of nitrogens with one attached hydrogen (secondary N) is 1. The molecule has 0 aliphatic heterocycles. The molecule has 0 fully saturated rings. The Hall–Kier alpha value is -2.84. The lowest BCUT2D eigenvalue weighted by atomic mass is 10.0. The van der Waals surface area contributed by atoms with Gasteiger partial charge in [-0.2, -0.15) is 18.3 Å². The van der Waals surface area contributed by atoms with Crippen LogP contribution in [0.1, 0.15) is 42.4 Å². The summed E-state index contributed by atoms with van der Waals surface area (Å²) in [6.07, 6.45) is -4.51. The second kappa shape index (κ2) is 7.42. The van der Waals surface area contributed by atoms with E-state index < -0.39 is 35.6 Å². The third-order valence-electron chi connectivity index (χ3n) is 4.11. The summed E-state index contributed by atoms with van der Waals surface area (Å²) in [7, 11) is 0. The molecule has 1 aromatic carbocycles. The normalized spacial score (nSPS) is 12.9. The van der Waals surface area contributed by atoms with Crippen LogP contribution >= 0.6 is 0 Å². The third kappa shape index (κ3) is 4.29. The van der Waals surface area contributed by atoms with Crippen LogP contribution < -0.4 is 5.32 Å². The lowest BCUT2D eigenvalue weighted by molar-refractivity contribution is -0.142. The number of carbonyl (C=O) groups is 2. The standard InChI is InChI=1S/C18H20F3N3O3/c1-9(2)16(25)22-15(17(26)27)14-10(3)23-24(11(14)4)13-7-5-6-12(8-13)18(19,20)21/h5-9,15H,1-4H3,(H,22,25)(H,26,27). The van der Waals surface area contributed by atoms with E-state index in [1.165, 1.54) is 16.8 Å². The molecule has 27 heavy (non-hydrogen) atoms. The van der Waals surface area contributed by atoms with Gasteiger partial charge in [-0.25, -0.2) is 9.48 Å². The molecule has 0 saturated carbocycles. The number of carboxylic acids is 1. The Morgan fingerprint density at radius 1 is 1.22 bits per heavy atom. The largest absolute Gasteiger partial charge is 0.479 e. The molecule has 1 unspecified atom stereocenters. The second-order valence-corrected chi connectivity index (χ2v) is 6.48. The van der Waals surface area contributed by atoms with Gasteiger partial charge in [-0.15, -0.1) is 0 Å². The highest BCUT2D eigenvalue weighted by Crippen LogP contribution is 2.31. The minimum Gasteiger partial charge on any atom is -0.479 e. The Balaban J connectivity index is 2.53.